The van der Waals surface area contributed by atoms with Crippen LogP contribution in [0.2, 0.25) is 5.02 Å². The highest BCUT2D eigenvalue weighted by atomic mass is 79.9. The zero-order valence-corrected chi connectivity index (χ0v) is 20.4. The quantitative estimate of drug-likeness (QED) is 0.350. The Kier molecular flexibility index (Phi) is 7.75. The number of rotatable bonds is 7. The second-order valence-electron chi connectivity index (χ2n) is 6.74. The van der Waals surface area contributed by atoms with E-state index >= 15 is 0 Å². The number of ether oxygens (including phenoxy) is 2. The Bertz CT molecular complexity index is 1100. The summed E-state index contributed by atoms with van der Waals surface area (Å²) in [6.45, 7) is 5.48. The van der Waals surface area contributed by atoms with E-state index in [1.165, 1.54) is 11.3 Å². The molecule has 8 heteroatoms. The van der Waals surface area contributed by atoms with Crippen LogP contribution >= 0.6 is 38.9 Å². The molecule has 2 aromatic carbocycles. The number of carbonyl (C=O) groups is 2. The van der Waals surface area contributed by atoms with Crippen molar-refractivity contribution >= 4 is 55.7 Å². The second kappa shape index (κ2) is 10.3. The Balaban J connectivity index is 1.85. The van der Waals surface area contributed by atoms with Gasteiger partial charge in [0.05, 0.1) is 6.61 Å². The lowest BCUT2D eigenvalue weighted by Gasteiger charge is -2.16. The molecule has 0 saturated heterocycles. The minimum Gasteiger partial charge on any atom is -0.481 e. The molecule has 1 amide bonds. The molecule has 0 spiro atoms. The predicted molar refractivity (Wildman–Crippen MR) is 128 cm³/mol. The Morgan fingerprint density at radius 1 is 1.19 bits per heavy atom. The fourth-order valence-electron chi connectivity index (χ4n) is 2.90. The number of nitrogens with one attached hydrogen (secondary N) is 1. The molecule has 0 aliphatic heterocycles. The average molecular weight is 523 g/mol. The van der Waals surface area contributed by atoms with Gasteiger partial charge in [0, 0.05) is 20.4 Å². The van der Waals surface area contributed by atoms with Crippen molar-refractivity contribution in [3.8, 4) is 16.9 Å². The predicted octanol–water partition coefficient (Wildman–Crippen LogP) is 6.72. The van der Waals surface area contributed by atoms with Crippen molar-refractivity contribution in [2.75, 3.05) is 11.9 Å². The number of hydrogen-bond donors (Lipinski definition) is 1. The number of benzene rings is 2. The first-order chi connectivity index (χ1) is 14.8. The molecule has 0 fully saturated rings. The van der Waals surface area contributed by atoms with E-state index in [4.69, 9.17) is 21.1 Å². The molecular weight excluding hydrogens is 502 g/mol. The summed E-state index contributed by atoms with van der Waals surface area (Å²) in [6.07, 6.45) is -0.784. The van der Waals surface area contributed by atoms with Gasteiger partial charge in [-0.1, -0.05) is 39.7 Å². The van der Waals surface area contributed by atoms with E-state index in [1.807, 2.05) is 36.6 Å². The van der Waals surface area contributed by atoms with Gasteiger partial charge in [-0.05, 0) is 62.2 Å². The summed E-state index contributed by atoms with van der Waals surface area (Å²) in [4.78, 5) is 25.5. The van der Waals surface area contributed by atoms with E-state index in [0.29, 0.717) is 26.9 Å². The summed E-state index contributed by atoms with van der Waals surface area (Å²) in [5.74, 6) is -0.289. The molecule has 0 aliphatic rings. The molecule has 0 saturated carbocycles. The molecule has 0 radical (unpaired) electrons. The summed E-state index contributed by atoms with van der Waals surface area (Å²) in [7, 11) is 0. The Morgan fingerprint density at radius 2 is 1.90 bits per heavy atom. The Morgan fingerprint density at radius 3 is 2.55 bits per heavy atom. The monoisotopic (exact) mass is 521 g/mol. The van der Waals surface area contributed by atoms with Crippen molar-refractivity contribution in [2.45, 2.75) is 26.9 Å². The third kappa shape index (κ3) is 5.67. The minimum atomic E-state index is -0.784. The van der Waals surface area contributed by atoms with Gasteiger partial charge in [0.15, 0.2) is 6.10 Å². The van der Waals surface area contributed by atoms with Crippen LogP contribution in [0.5, 0.6) is 5.75 Å². The first kappa shape index (κ1) is 23.3. The molecule has 0 aliphatic carbocycles. The number of hydrogen-bond acceptors (Lipinski definition) is 5. The SMILES string of the molecule is CCOC(=O)c1c(-c2ccc(Br)cc2)csc1NC(=O)C(C)Oc1ccc(Cl)cc1C. The topological polar surface area (TPSA) is 64.6 Å². The van der Waals surface area contributed by atoms with Crippen molar-refractivity contribution in [1.29, 1.82) is 0 Å². The molecule has 0 bridgehead atoms. The molecule has 1 unspecified atom stereocenters. The number of halogens is 2. The second-order valence-corrected chi connectivity index (χ2v) is 8.97. The molecule has 3 aromatic rings. The van der Waals surface area contributed by atoms with Gasteiger partial charge in [0.25, 0.3) is 5.91 Å². The highest BCUT2D eigenvalue weighted by Gasteiger charge is 2.25. The van der Waals surface area contributed by atoms with Crippen LogP contribution in [0.15, 0.2) is 52.3 Å². The van der Waals surface area contributed by atoms with Gasteiger partial charge in [0.2, 0.25) is 0 Å². The zero-order chi connectivity index (χ0) is 22.5. The standard InChI is InChI=1S/C23H21BrClNO4S/c1-4-29-23(28)20-18(15-5-7-16(24)8-6-15)12-31-22(20)26-21(27)14(3)30-19-10-9-17(25)11-13(19)2/h5-12,14H,4H2,1-3H3,(H,26,27). The van der Waals surface area contributed by atoms with Crippen LogP contribution in [0, 0.1) is 6.92 Å². The van der Waals surface area contributed by atoms with E-state index < -0.39 is 12.1 Å². The molecule has 162 valence electrons. The number of carbonyl (C=O) groups excluding carboxylic acids is 2. The first-order valence-electron chi connectivity index (χ1n) is 9.58. The maximum absolute atomic E-state index is 12.8. The van der Waals surface area contributed by atoms with Crippen molar-refractivity contribution in [3.05, 3.63) is 68.5 Å². The number of amides is 1. The first-order valence-corrected chi connectivity index (χ1v) is 11.6. The third-order valence-corrected chi connectivity index (χ3v) is 6.13. The van der Waals surface area contributed by atoms with Gasteiger partial charge >= 0.3 is 5.97 Å². The summed E-state index contributed by atoms with van der Waals surface area (Å²) in [5, 5.41) is 5.67. The van der Waals surface area contributed by atoms with Gasteiger partial charge < -0.3 is 14.8 Å². The number of anilines is 1. The number of esters is 1. The molecule has 1 atom stereocenters. The largest absolute Gasteiger partial charge is 0.481 e. The Labute approximate surface area is 198 Å². The van der Waals surface area contributed by atoms with Gasteiger partial charge in [-0.3, -0.25) is 4.79 Å². The van der Waals surface area contributed by atoms with Crippen molar-refractivity contribution in [3.63, 3.8) is 0 Å². The van der Waals surface area contributed by atoms with Crippen LogP contribution in [-0.2, 0) is 9.53 Å². The fraction of sp³-hybridized carbons (Fsp3) is 0.217. The molecule has 1 aromatic heterocycles. The maximum atomic E-state index is 12.8. The lowest BCUT2D eigenvalue weighted by molar-refractivity contribution is -0.122. The third-order valence-electron chi connectivity index (χ3n) is 4.47. The lowest BCUT2D eigenvalue weighted by Crippen LogP contribution is -2.30. The van der Waals surface area contributed by atoms with Crippen LogP contribution in [0.4, 0.5) is 5.00 Å². The van der Waals surface area contributed by atoms with Crippen LogP contribution in [-0.4, -0.2) is 24.6 Å². The molecule has 5 nitrogen and oxygen atoms in total. The van der Waals surface area contributed by atoms with Crippen molar-refractivity contribution in [1.82, 2.24) is 0 Å². The highest BCUT2D eigenvalue weighted by molar-refractivity contribution is 9.10. The van der Waals surface area contributed by atoms with E-state index in [2.05, 4.69) is 21.2 Å². The summed E-state index contributed by atoms with van der Waals surface area (Å²) < 4.78 is 12.0. The maximum Gasteiger partial charge on any atom is 0.341 e. The molecule has 1 heterocycles. The van der Waals surface area contributed by atoms with Gasteiger partial charge in [-0.25, -0.2) is 4.79 Å². The van der Waals surface area contributed by atoms with Gasteiger partial charge in [-0.15, -0.1) is 11.3 Å². The number of thiophene rings is 1. The molecule has 3 rings (SSSR count). The lowest BCUT2D eigenvalue weighted by atomic mass is 10.0. The van der Waals surface area contributed by atoms with Crippen LogP contribution < -0.4 is 10.1 Å². The van der Waals surface area contributed by atoms with E-state index in [0.717, 1.165) is 15.6 Å². The van der Waals surface area contributed by atoms with E-state index in [9.17, 15) is 9.59 Å². The molecule has 1 N–H and O–H groups in total. The minimum absolute atomic E-state index is 0.233. The van der Waals surface area contributed by atoms with Gasteiger partial charge in [0.1, 0.15) is 16.3 Å². The van der Waals surface area contributed by atoms with E-state index in [1.54, 1.807) is 32.0 Å². The summed E-state index contributed by atoms with van der Waals surface area (Å²) >= 11 is 10.7. The van der Waals surface area contributed by atoms with Crippen molar-refractivity contribution < 1.29 is 19.1 Å². The molecular formula is C23H21BrClNO4S. The number of aryl methyl sites for hydroxylation is 1. The van der Waals surface area contributed by atoms with Crippen molar-refractivity contribution in [2.24, 2.45) is 0 Å². The fourth-order valence-corrected chi connectivity index (χ4v) is 4.35. The van der Waals surface area contributed by atoms with Crippen LogP contribution in [0.3, 0.4) is 0 Å². The van der Waals surface area contributed by atoms with Gasteiger partial charge in [-0.2, -0.15) is 0 Å². The van der Waals surface area contributed by atoms with Crippen LogP contribution in [0.25, 0.3) is 11.1 Å². The summed E-state index contributed by atoms with van der Waals surface area (Å²) in [6, 6.07) is 12.8. The Hall–Kier alpha value is -2.35. The van der Waals surface area contributed by atoms with E-state index in [-0.39, 0.29) is 12.5 Å². The molecule has 31 heavy (non-hydrogen) atoms. The zero-order valence-electron chi connectivity index (χ0n) is 17.2. The average Bonchev–Trinajstić information content (AvgIpc) is 3.14. The summed E-state index contributed by atoms with van der Waals surface area (Å²) in [5.41, 5.74) is 2.71. The normalized spacial score (nSPS) is 11.6. The van der Waals surface area contributed by atoms with Crippen LogP contribution in [0.1, 0.15) is 29.8 Å². The highest BCUT2D eigenvalue weighted by Crippen LogP contribution is 2.37. The smallest absolute Gasteiger partial charge is 0.341 e.